The maximum atomic E-state index is 13.0. The van der Waals surface area contributed by atoms with Gasteiger partial charge in [0, 0.05) is 24.0 Å². The van der Waals surface area contributed by atoms with Crippen LogP contribution >= 0.6 is 0 Å². The van der Waals surface area contributed by atoms with Gasteiger partial charge >= 0.3 is 17.9 Å². The fourth-order valence-electron chi connectivity index (χ4n) is 7.45. The summed E-state index contributed by atoms with van der Waals surface area (Å²) < 4.78 is 35.7. The van der Waals surface area contributed by atoms with Crippen molar-refractivity contribution in [2.75, 3.05) is 26.4 Å². The molecule has 2 bridgehead atoms. The molecule has 0 amide bonds. The molecule has 6 rings (SSSR count). The Balaban J connectivity index is 1.38. The van der Waals surface area contributed by atoms with Gasteiger partial charge in [0.2, 0.25) is 0 Å². The van der Waals surface area contributed by atoms with E-state index >= 15 is 0 Å². The van der Waals surface area contributed by atoms with E-state index in [1.165, 1.54) is 24.3 Å². The van der Waals surface area contributed by atoms with E-state index in [4.69, 9.17) is 28.4 Å². The molecule has 10 atom stereocenters. The molecule has 4 aliphatic heterocycles. The largest absolute Gasteiger partial charge is 0.463 e. The molecule has 0 aromatic heterocycles. The number of hydrogen-bond acceptors (Lipinski definition) is 11. The molecule has 11 nitrogen and oxygen atoms in total. The number of rotatable bonds is 1. The van der Waals surface area contributed by atoms with Crippen LogP contribution in [-0.4, -0.2) is 96.3 Å². The summed E-state index contributed by atoms with van der Waals surface area (Å²) in [6, 6.07) is 0. The summed E-state index contributed by atoms with van der Waals surface area (Å²) in [4.78, 5) is 37.8. The second-order valence-corrected chi connectivity index (χ2v) is 11.7. The van der Waals surface area contributed by atoms with Crippen LogP contribution in [0.15, 0.2) is 24.3 Å². The summed E-state index contributed by atoms with van der Waals surface area (Å²) in [5, 5.41) is 20.7. The van der Waals surface area contributed by atoms with Gasteiger partial charge in [-0.05, 0) is 25.2 Å². The molecule has 2 N–H and O–H groups in total. The summed E-state index contributed by atoms with van der Waals surface area (Å²) in [6.07, 6.45) is 3.53. The minimum atomic E-state index is -1.42. The van der Waals surface area contributed by atoms with Crippen molar-refractivity contribution in [3.8, 4) is 0 Å². The Morgan fingerprint density at radius 1 is 1.00 bits per heavy atom. The van der Waals surface area contributed by atoms with Gasteiger partial charge in [-0.15, -0.1) is 0 Å². The first-order chi connectivity index (χ1) is 18.1. The zero-order valence-corrected chi connectivity index (χ0v) is 21.5. The molecule has 0 aromatic rings. The maximum Gasteiger partial charge on any atom is 0.335 e. The van der Waals surface area contributed by atoms with Gasteiger partial charge in [0.1, 0.15) is 30.0 Å². The molecular weight excluding hydrogens is 500 g/mol. The normalized spacial score (nSPS) is 51.0. The molecule has 3 saturated heterocycles. The number of fused-ring (bicyclic) bond motifs is 2. The fraction of sp³-hybridized carbons (Fsp3) is 0.741. The molecule has 10 unspecified atom stereocenters. The Kier molecular flexibility index (Phi) is 6.04. The molecular formula is C27H34O11. The Labute approximate surface area is 220 Å². The number of cyclic esters (lactones) is 2. The SMILES string of the molecule is CC1CCOC(=O)C=C/C=C/C(=O)OC2CC3OC4C5OC5(CO)CCC4(COC(=O)C1O)C2(C)C31CO1. The lowest BCUT2D eigenvalue weighted by Gasteiger charge is -2.58. The topological polar surface area (TPSA) is 154 Å². The standard InChI is InChI=1S/C27H34O11/c1-15-7-10-33-18(29)5-3-4-6-19(30)36-16-11-17-27(14-35-27)24(16,2)25(13-34-23(32)20(15)31)8-9-26(12-28)22(38-26)21(25)37-17/h3-6,15-17,20-22,28,31H,7-14H2,1-2H3/b5-3?,6-4+. The highest BCUT2D eigenvalue weighted by molar-refractivity contribution is 5.84. The molecule has 38 heavy (non-hydrogen) atoms. The first kappa shape index (κ1) is 25.9. The summed E-state index contributed by atoms with van der Waals surface area (Å²) in [5.74, 6) is -2.51. The number of hydrogen-bond donors (Lipinski definition) is 2. The lowest BCUT2D eigenvalue weighted by molar-refractivity contribution is -0.253. The van der Waals surface area contributed by atoms with Crippen LogP contribution in [0.3, 0.4) is 0 Å². The van der Waals surface area contributed by atoms with E-state index in [0.717, 1.165) is 0 Å². The van der Waals surface area contributed by atoms with Gasteiger partial charge in [-0.3, -0.25) is 0 Å². The molecule has 6 aliphatic rings. The Morgan fingerprint density at radius 3 is 2.45 bits per heavy atom. The first-order valence-electron chi connectivity index (χ1n) is 13.3. The Bertz CT molecular complexity index is 1080. The molecule has 2 aliphatic carbocycles. The summed E-state index contributed by atoms with van der Waals surface area (Å²) in [6.45, 7) is 3.87. The molecule has 0 aromatic carbocycles. The van der Waals surface area contributed by atoms with E-state index in [0.29, 0.717) is 25.9 Å². The third-order valence-corrected chi connectivity index (χ3v) is 10.1. The van der Waals surface area contributed by atoms with Crippen molar-refractivity contribution in [3.05, 3.63) is 24.3 Å². The van der Waals surface area contributed by atoms with Gasteiger partial charge < -0.3 is 38.6 Å². The van der Waals surface area contributed by atoms with Gasteiger partial charge in [0.15, 0.2) is 6.10 Å². The molecule has 2 spiro atoms. The Hall–Kier alpha value is -2.31. The zero-order valence-electron chi connectivity index (χ0n) is 21.5. The van der Waals surface area contributed by atoms with E-state index in [1.807, 2.05) is 6.92 Å². The minimum absolute atomic E-state index is 0.00352. The average Bonchev–Trinajstić information content (AvgIpc) is 3.81. The fourth-order valence-corrected chi connectivity index (χ4v) is 7.45. The van der Waals surface area contributed by atoms with Crippen molar-refractivity contribution in [2.45, 2.75) is 81.3 Å². The van der Waals surface area contributed by atoms with E-state index in [9.17, 15) is 24.6 Å². The number of allylic oxidation sites excluding steroid dienone is 2. The highest BCUT2D eigenvalue weighted by Crippen LogP contribution is 2.75. The lowest BCUT2D eigenvalue weighted by Crippen LogP contribution is -2.69. The van der Waals surface area contributed by atoms with Crippen molar-refractivity contribution in [1.82, 2.24) is 0 Å². The molecule has 4 heterocycles. The van der Waals surface area contributed by atoms with Crippen LogP contribution in [0, 0.1) is 16.7 Å². The lowest BCUT2D eigenvalue weighted by atomic mass is 9.50. The highest BCUT2D eigenvalue weighted by Gasteiger charge is 2.87. The van der Waals surface area contributed by atoms with Crippen LogP contribution < -0.4 is 0 Å². The number of carbonyl (C=O) groups is 3. The maximum absolute atomic E-state index is 13.0. The van der Waals surface area contributed by atoms with Gasteiger partial charge in [-0.25, -0.2) is 14.4 Å². The van der Waals surface area contributed by atoms with Crippen LogP contribution in [0.2, 0.25) is 0 Å². The number of aliphatic hydroxyl groups excluding tert-OH is 2. The van der Waals surface area contributed by atoms with E-state index in [2.05, 4.69) is 0 Å². The van der Waals surface area contributed by atoms with Gasteiger partial charge in [-0.1, -0.05) is 26.0 Å². The second-order valence-electron chi connectivity index (χ2n) is 11.7. The predicted octanol–water partition coefficient (Wildman–Crippen LogP) is 0.354. The molecule has 5 fully saturated rings. The average molecular weight is 535 g/mol. The summed E-state index contributed by atoms with van der Waals surface area (Å²) in [7, 11) is 0. The number of aliphatic hydroxyl groups is 2. The quantitative estimate of drug-likeness (QED) is 0.272. The van der Waals surface area contributed by atoms with Crippen molar-refractivity contribution >= 4 is 17.9 Å². The molecule has 208 valence electrons. The van der Waals surface area contributed by atoms with Gasteiger partial charge in [0.05, 0.1) is 37.4 Å². The third kappa shape index (κ3) is 3.55. The Morgan fingerprint density at radius 2 is 1.74 bits per heavy atom. The van der Waals surface area contributed by atoms with Crippen molar-refractivity contribution in [2.24, 2.45) is 16.7 Å². The van der Waals surface area contributed by atoms with E-state index < -0.39 is 70.3 Å². The van der Waals surface area contributed by atoms with Crippen molar-refractivity contribution in [1.29, 1.82) is 0 Å². The highest BCUT2D eigenvalue weighted by atomic mass is 16.7. The predicted molar refractivity (Wildman–Crippen MR) is 126 cm³/mol. The molecule has 2 saturated carbocycles. The van der Waals surface area contributed by atoms with Crippen molar-refractivity contribution in [3.63, 3.8) is 0 Å². The monoisotopic (exact) mass is 534 g/mol. The van der Waals surface area contributed by atoms with Crippen LogP contribution in [0.1, 0.15) is 39.5 Å². The smallest absolute Gasteiger partial charge is 0.335 e. The summed E-state index contributed by atoms with van der Waals surface area (Å²) >= 11 is 0. The number of ether oxygens (including phenoxy) is 6. The number of carbonyl (C=O) groups excluding carboxylic acids is 3. The van der Waals surface area contributed by atoms with Crippen LogP contribution in [0.25, 0.3) is 0 Å². The van der Waals surface area contributed by atoms with Crippen molar-refractivity contribution < 1.29 is 53.0 Å². The second kappa shape index (κ2) is 8.85. The minimum Gasteiger partial charge on any atom is -0.463 e. The van der Waals surface area contributed by atoms with E-state index in [-0.39, 0.29) is 32.3 Å². The number of esters is 3. The summed E-state index contributed by atoms with van der Waals surface area (Å²) in [5.41, 5.74) is -3.06. The van der Waals surface area contributed by atoms with Gasteiger partial charge in [-0.2, -0.15) is 0 Å². The molecule has 0 radical (unpaired) electrons. The van der Waals surface area contributed by atoms with Crippen LogP contribution in [0.4, 0.5) is 0 Å². The van der Waals surface area contributed by atoms with E-state index in [1.54, 1.807) is 6.92 Å². The van der Waals surface area contributed by atoms with Crippen LogP contribution in [0.5, 0.6) is 0 Å². The molecule has 11 heteroatoms. The number of epoxide rings is 2. The first-order valence-corrected chi connectivity index (χ1v) is 13.3. The third-order valence-electron chi connectivity index (χ3n) is 10.1. The van der Waals surface area contributed by atoms with Crippen LogP contribution in [-0.2, 0) is 42.8 Å². The zero-order chi connectivity index (χ0) is 26.9. The van der Waals surface area contributed by atoms with Gasteiger partial charge in [0.25, 0.3) is 0 Å².